The first-order chi connectivity index (χ1) is 13.6. The summed E-state index contributed by atoms with van der Waals surface area (Å²) in [4.78, 5) is 17.0. The van der Waals surface area contributed by atoms with E-state index in [1.165, 1.54) is 47.0 Å². The van der Waals surface area contributed by atoms with Gasteiger partial charge in [0.25, 0.3) is 15.9 Å². The molecule has 8 heteroatoms. The van der Waals surface area contributed by atoms with Gasteiger partial charge in [0.05, 0.1) is 16.3 Å². The van der Waals surface area contributed by atoms with Crippen LogP contribution >= 0.6 is 11.3 Å². The minimum absolute atomic E-state index is 0.0970. The third kappa shape index (κ3) is 4.65. The summed E-state index contributed by atoms with van der Waals surface area (Å²) in [5, 5.41) is 5.20. The van der Waals surface area contributed by atoms with Crippen molar-refractivity contribution >= 4 is 38.1 Å². The fourth-order valence-electron chi connectivity index (χ4n) is 2.56. The molecule has 0 fully saturated rings. The monoisotopic (exact) mass is 429 g/mol. The van der Waals surface area contributed by atoms with Gasteiger partial charge in [-0.15, -0.1) is 11.3 Å². The third-order valence-electron chi connectivity index (χ3n) is 4.39. The van der Waals surface area contributed by atoms with Crippen LogP contribution in [0.3, 0.4) is 0 Å². The fourth-order valence-corrected chi connectivity index (χ4v) is 4.69. The second kappa shape index (κ2) is 7.96. The second-order valence-corrected chi connectivity index (χ2v) is 10.4. The van der Waals surface area contributed by atoms with Gasteiger partial charge in [-0.3, -0.25) is 14.4 Å². The van der Waals surface area contributed by atoms with Crippen LogP contribution in [-0.2, 0) is 15.4 Å². The molecular weight excluding hydrogens is 406 g/mol. The molecule has 0 unspecified atom stereocenters. The number of anilines is 2. The lowest BCUT2D eigenvalue weighted by Crippen LogP contribution is -2.26. The van der Waals surface area contributed by atoms with Crippen LogP contribution < -0.4 is 9.62 Å². The normalized spacial score (nSPS) is 11.9. The molecule has 0 aliphatic carbocycles. The first-order valence-electron chi connectivity index (χ1n) is 9.00. The van der Waals surface area contributed by atoms with Crippen molar-refractivity contribution in [1.82, 2.24) is 4.98 Å². The lowest BCUT2D eigenvalue weighted by atomic mass is 9.93. The standard InChI is InChI=1S/C21H23N3O3S2/c1-21(2,3)18-14-28-20(22-18)23-19(25)15-10-12-17(13-11-15)29(26,27)24(4)16-8-6-5-7-9-16/h5-14H,1-4H3,(H,22,23,25). The van der Waals surface area contributed by atoms with Crippen molar-refractivity contribution in [3.05, 3.63) is 71.2 Å². The maximum atomic E-state index is 12.8. The minimum Gasteiger partial charge on any atom is -0.298 e. The van der Waals surface area contributed by atoms with Crippen LogP contribution in [0.15, 0.2) is 64.9 Å². The summed E-state index contributed by atoms with van der Waals surface area (Å²) in [5.74, 6) is -0.333. The maximum Gasteiger partial charge on any atom is 0.264 e. The van der Waals surface area contributed by atoms with Crippen LogP contribution in [0.5, 0.6) is 0 Å². The van der Waals surface area contributed by atoms with Crippen molar-refractivity contribution in [3.8, 4) is 0 Å². The van der Waals surface area contributed by atoms with Gasteiger partial charge < -0.3 is 0 Å². The number of carbonyl (C=O) groups is 1. The zero-order chi connectivity index (χ0) is 21.2. The summed E-state index contributed by atoms with van der Waals surface area (Å²) in [5.41, 5.74) is 1.73. The van der Waals surface area contributed by atoms with E-state index in [0.717, 1.165) is 5.69 Å². The van der Waals surface area contributed by atoms with Gasteiger partial charge >= 0.3 is 0 Å². The molecule has 2 aromatic carbocycles. The number of hydrogen-bond donors (Lipinski definition) is 1. The number of para-hydroxylation sites is 1. The molecule has 0 aliphatic rings. The quantitative estimate of drug-likeness (QED) is 0.647. The van der Waals surface area contributed by atoms with Gasteiger partial charge in [-0.05, 0) is 36.4 Å². The SMILES string of the molecule is CN(c1ccccc1)S(=O)(=O)c1ccc(C(=O)Nc2nc(C(C)(C)C)cs2)cc1. The number of sulfonamides is 1. The van der Waals surface area contributed by atoms with Gasteiger partial charge in [0.2, 0.25) is 0 Å². The van der Waals surface area contributed by atoms with Crippen molar-refractivity contribution in [1.29, 1.82) is 0 Å². The molecule has 0 saturated carbocycles. The van der Waals surface area contributed by atoms with Gasteiger partial charge in [-0.25, -0.2) is 13.4 Å². The molecule has 0 aliphatic heterocycles. The largest absolute Gasteiger partial charge is 0.298 e. The van der Waals surface area contributed by atoms with E-state index < -0.39 is 10.0 Å². The van der Waals surface area contributed by atoms with Gasteiger partial charge in [0, 0.05) is 23.4 Å². The predicted molar refractivity (Wildman–Crippen MR) is 117 cm³/mol. The number of nitrogens with zero attached hydrogens (tertiary/aromatic N) is 2. The summed E-state index contributed by atoms with van der Waals surface area (Å²) < 4.78 is 26.9. The van der Waals surface area contributed by atoms with Gasteiger partial charge in [-0.1, -0.05) is 39.0 Å². The molecule has 6 nitrogen and oxygen atoms in total. The maximum absolute atomic E-state index is 12.8. The zero-order valence-electron chi connectivity index (χ0n) is 16.7. The number of amides is 1. The molecule has 1 heterocycles. The van der Waals surface area contributed by atoms with E-state index in [1.807, 2.05) is 11.4 Å². The average Bonchev–Trinajstić information content (AvgIpc) is 3.17. The number of carbonyl (C=O) groups excluding carboxylic acids is 1. The second-order valence-electron chi connectivity index (χ2n) is 7.57. The predicted octanol–water partition coefficient (Wildman–Crippen LogP) is 4.52. The first-order valence-corrected chi connectivity index (χ1v) is 11.3. The van der Waals surface area contributed by atoms with Crippen molar-refractivity contribution in [2.75, 3.05) is 16.7 Å². The van der Waals surface area contributed by atoms with Crippen LogP contribution in [0.25, 0.3) is 0 Å². The molecule has 29 heavy (non-hydrogen) atoms. The summed E-state index contributed by atoms with van der Waals surface area (Å²) in [6.45, 7) is 6.16. The van der Waals surface area contributed by atoms with E-state index >= 15 is 0 Å². The van der Waals surface area contributed by atoms with E-state index in [0.29, 0.717) is 16.4 Å². The Balaban J connectivity index is 1.75. The molecule has 0 saturated heterocycles. The Bertz CT molecular complexity index is 1100. The Morgan fingerprint density at radius 3 is 2.21 bits per heavy atom. The minimum atomic E-state index is -3.72. The summed E-state index contributed by atoms with van der Waals surface area (Å²) in [7, 11) is -2.21. The van der Waals surface area contributed by atoms with Crippen molar-refractivity contribution in [2.24, 2.45) is 0 Å². The van der Waals surface area contributed by atoms with Gasteiger partial charge in [-0.2, -0.15) is 0 Å². The number of benzene rings is 2. The van der Waals surface area contributed by atoms with Crippen molar-refractivity contribution < 1.29 is 13.2 Å². The van der Waals surface area contributed by atoms with Crippen molar-refractivity contribution in [3.63, 3.8) is 0 Å². The van der Waals surface area contributed by atoms with E-state index in [4.69, 9.17) is 0 Å². The molecule has 1 amide bonds. The molecule has 0 radical (unpaired) electrons. The van der Waals surface area contributed by atoms with E-state index in [9.17, 15) is 13.2 Å². The third-order valence-corrected chi connectivity index (χ3v) is 6.95. The Morgan fingerprint density at radius 1 is 1.03 bits per heavy atom. The molecule has 0 bridgehead atoms. The molecule has 1 aromatic heterocycles. The first kappa shape index (κ1) is 21.0. The number of thiazole rings is 1. The molecule has 0 spiro atoms. The van der Waals surface area contributed by atoms with Crippen LogP contribution in [-0.4, -0.2) is 26.4 Å². The lowest BCUT2D eigenvalue weighted by molar-refractivity contribution is 0.102. The molecule has 0 atom stereocenters. The van der Waals surface area contributed by atoms with Crippen LogP contribution in [0.2, 0.25) is 0 Å². The summed E-state index contributed by atoms with van der Waals surface area (Å²) >= 11 is 1.36. The molecule has 152 valence electrons. The lowest BCUT2D eigenvalue weighted by Gasteiger charge is -2.19. The highest BCUT2D eigenvalue weighted by molar-refractivity contribution is 7.92. The van der Waals surface area contributed by atoms with Gasteiger partial charge in [0.1, 0.15) is 0 Å². The highest BCUT2D eigenvalue weighted by Gasteiger charge is 2.22. The fraction of sp³-hybridized carbons (Fsp3) is 0.238. The zero-order valence-corrected chi connectivity index (χ0v) is 18.3. The molecule has 3 rings (SSSR count). The van der Waals surface area contributed by atoms with Crippen LogP contribution in [0, 0.1) is 0 Å². The highest BCUT2D eigenvalue weighted by atomic mass is 32.2. The Hall–Kier alpha value is -2.71. The molecule has 3 aromatic rings. The number of aromatic nitrogens is 1. The highest BCUT2D eigenvalue weighted by Crippen LogP contribution is 2.27. The van der Waals surface area contributed by atoms with E-state index in [1.54, 1.807) is 24.3 Å². The molecule has 1 N–H and O–H groups in total. The Labute approximate surface area is 175 Å². The van der Waals surface area contributed by atoms with Gasteiger partial charge in [0.15, 0.2) is 5.13 Å². The van der Waals surface area contributed by atoms with E-state index in [2.05, 4.69) is 31.1 Å². The number of nitrogens with one attached hydrogen (secondary N) is 1. The average molecular weight is 430 g/mol. The Kier molecular flexibility index (Phi) is 5.77. The summed E-state index contributed by atoms with van der Waals surface area (Å²) in [6.07, 6.45) is 0. The van der Waals surface area contributed by atoms with Crippen LogP contribution in [0.1, 0.15) is 36.8 Å². The Morgan fingerprint density at radius 2 is 1.66 bits per heavy atom. The molecular formula is C21H23N3O3S2. The number of rotatable bonds is 5. The smallest absolute Gasteiger partial charge is 0.264 e. The summed E-state index contributed by atoms with van der Waals surface area (Å²) in [6, 6.07) is 14.7. The number of hydrogen-bond acceptors (Lipinski definition) is 5. The topological polar surface area (TPSA) is 79.4 Å². The van der Waals surface area contributed by atoms with Crippen LogP contribution in [0.4, 0.5) is 10.8 Å². The van der Waals surface area contributed by atoms with E-state index in [-0.39, 0.29) is 16.2 Å². The van der Waals surface area contributed by atoms with Crippen molar-refractivity contribution in [2.45, 2.75) is 31.1 Å².